The van der Waals surface area contributed by atoms with Gasteiger partial charge in [-0.25, -0.2) is 4.79 Å². The van der Waals surface area contributed by atoms with E-state index in [1.54, 1.807) is 11.8 Å². The first-order valence-corrected chi connectivity index (χ1v) is 13.2. The van der Waals surface area contributed by atoms with Crippen molar-refractivity contribution < 1.29 is 14.7 Å². The number of nitrogens with one attached hydrogen (secondary N) is 1. The van der Waals surface area contributed by atoms with Crippen LogP contribution in [0.1, 0.15) is 64.1 Å². The molecule has 1 fully saturated rings. The number of hydrogen-bond donors (Lipinski definition) is 2. The van der Waals surface area contributed by atoms with Crippen LogP contribution >= 0.6 is 0 Å². The third-order valence-corrected chi connectivity index (χ3v) is 7.52. The van der Waals surface area contributed by atoms with E-state index in [4.69, 9.17) is 0 Å². The predicted molar refractivity (Wildman–Crippen MR) is 144 cm³/mol. The second-order valence-corrected chi connectivity index (χ2v) is 10.5. The van der Waals surface area contributed by atoms with Crippen LogP contribution in [0, 0.1) is 0 Å². The summed E-state index contributed by atoms with van der Waals surface area (Å²) in [6, 6.07) is 14.1. The number of rotatable bonds is 8. The molecule has 2 unspecified atom stereocenters. The van der Waals surface area contributed by atoms with Gasteiger partial charge in [-0.15, -0.1) is 0 Å². The Labute approximate surface area is 215 Å². The van der Waals surface area contributed by atoms with Crippen molar-refractivity contribution in [3.05, 3.63) is 53.6 Å². The number of amides is 2. The van der Waals surface area contributed by atoms with E-state index in [1.807, 2.05) is 32.9 Å². The van der Waals surface area contributed by atoms with E-state index in [0.717, 1.165) is 42.0 Å². The number of likely N-dealkylation sites (tertiary alicyclic amines) is 1. The lowest BCUT2D eigenvalue weighted by atomic mass is 9.87. The molecule has 0 bridgehead atoms. The van der Waals surface area contributed by atoms with Gasteiger partial charge in [0.25, 0.3) is 0 Å². The number of carbonyl (C=O) groups is 2. The maximum atomic E-state index is 12.5. The average Bonchev–Trinajstić information content (AvgIpc) is 3.35. The molecular formula is C29H40N4O3. The summed E-state index contributed by atoms with van der Waals surface area (Å²) in [5, 5.41) is 13.5. The largest absolute Gasteiger partial charge is 0.465 e. The molecule has 0 spiro atoms. The van der Waals surface area contributed by atoms with Gasteiger partial charge in [-0.1, -0.05) is 30.3 Å². The summed E-state index contributed by atoms with van der Waals surface area (Å²) in [5.74, 6) is -0.0250. The molecule has 7 heteroatoms. The molecule has 2 N–H and O–H groups in total. The first-order valence-electron chi connectivity index (χ1n) is 13.2. The molecule has 7 nitrogen and oxygen atoms in total. The Bertz CT molecular complexity index is 1060. The summed E-state index contributed by atoms with van der Waals surface area (Å²) in [6.07, 6.45) is 2.28. The Kier molecular flexibility index (Phi) is 8.32. The topological polar surface area (TPSA) is 76.1 Å². The summed E-state index contributed by atoms with van der Waals surface area (Å²) in [7, 11) is 0. The smallest absolute Gasteiger partial charge is 0.408 e. The van der Waals surface area contributed by atoms with Gasteiger partial charge in [0.2, 0.25) is 5.91 Å². The van der Waals surface area contributed by atoms with Gasteiger partial charge in [0.05, 0.1) is 6.04 Å². The molecule has 2 atom stereocenters. The van der Waals surface area contributed by atoms with Crippen molar-refractivity contribution in [3.8, 4) is 11.1 Å². The van der Waals surface area contributed by atoms with E-state index in [2.05, 4.69) is 40.5 Å². The van der Waals surface area contributed by atoms with Crippen LogP contribution in [0.2, 0.25) is 0 Å². The number of nitrogens with zero attached hydrogens (tertiary/aromatic N) is 3. The summed E-state index contributed by atoms with van der Waals surface area (Å²) in [4.78, 5) is 30.5. The molecule has 1 saturated heterocycles. The SMILES string of the molecule is CC(=O)N1c2ccc(-c3ccc(CNCCN4CCCC4)cc3)cc2C(N(C(=O)O)C(C)C)CC1C. The van der Waals surface area contributed by atoms with Crippen molar-refractivity contribution in [2.75, 3.05) is 31.1 Å². The van der Waals surface area contributed by atoms with E-state index in [1.165, 1.54) is 36.4 Å². The maximum Gasteiger partial charge on any atom is 0.408 e. The number of carboxylic acid groups (broad SMARTS) is 1. The summed E-state index contributed by atoms with van der Waals surface area (Å²) in [5.41, 5.74) is 5.05. The van der Waals surface area contributed by atoms with Gasteiger partial charge in [-0.2, -0.15) is 0 Å². The lowest BCUT2D eigenvalue weighted by Crippen LogP contribution is -2.48. The van der Waals surface area contributed by atoms with Crippen molar-refractivity contribution in [1.29, 1.82) is 0 Å². The Balaban J connectivity index is 1.54. The van der Waals surface area contributed by atoms with Crippen molar-refractivity contribution in [3.63, 3.8) is 0 Å². The molecule has 2 aliphatic rings. The highest BCUT2D eigenvalue weighted by Crippen LogP contribution is 2.43. The van der Waals surface area contributed by atoms with Gasteiger partial charge >= 0.3 is 6.09 Å². The van der Waals surface area contributed by atoms with Gasteiger partial charge in [-0.3, -0.25) is 9.69 Å². The van der Waals surface area contributed by atoms with Crippen molar-refractivity contribution in [2.24, 2.45) is 0 Å². The van der Waals surface area contributed by atoms with Crippen LogP contribution in [0.15, 0.2) is 42.5 Å². The van der Waals surface area contributed by atoms with Crippen LogP contribution in [-0.2, 0) is 11.3 Å². The zero-order chi connectivity index (χ0) is 25.8. The lowest BCUT2D eigenvalue weighted by Gasteiger charge is -2.43. The highest BCUT2D eigenvalue weighted by Gasteiger charge is 2.38. The molecule has 36 heavy (non-hydrogen) atoms. The van der Waals surface area contributed by atoms with Crippen LogP contribution in [0.25, 0.3) is 11.1 Å². The normalized spacial score (nSPS) is 20.0. The van der Waals surface area contributed by atoms with E-state index in [-0.39, 0.29) is 24.0 Å². The van der Waals surface area contributed by atoms with Gasteiger partial charge < -0.3 is 20.2 Å². The van der Waals surface area contributed by atoms with Crippen LogP contribution in [0.4, 0.5) is 10.5 Å². The molecule has 0 radical (unpaired) electrons. The van der Waals surface area contributed by atoms with Crippen LogP contribution in [-0.4, -0.2) is 65.2 Å². The fourth-order valence-corrected chi connectivity index (χ4v) is 5.76. The number of carbonyl (C=O) groups excluding carboxylic acids is 1. The first kappa shape index (κ1) is 26.2. The van der Waals surface area contributed by atoms with Gasteiger partial charge in [0, 0.05) is 44.3 Å². The van der Waals surface area contributed by atoms with E-state index in [0.29, 0.717) is 6.42 Å². The highest BCUT2D eigenvalue weighted by molar-refractivity contribution is 5.94. The minimum Gasteiger partial charge on any atom is -0.465 e. The molecule has 0 saturated carbocycles. The molecule has 194 valence electrons. The zero-order valence-electron chi connectivity index (χ0n) is 22.0. The highest BCUT2D eigenvalue weighted by atomic mass is 16.4. The zero-order valence-corrected chi connectivity index (χ0v) is 22.0. The standard InChI is InChI=1S/C29H40N4O3/c1-20(2)32(29(35)36)28-17-21(3)33(22(4)34)27-12-11-25(18-26(27)28)24-9-7-23(8-10-24)19-30-13-16-31-14-5-6-15-31/h7-12,18,20-21,28,30H,5-6,13-17,19H2,1-4H3,(H,35,36). The number of benzene rings is 2. The molecule has 2 aromatic rings. The molecule has 4 rings (SSSR count). The molecule has 2 aromatic carbocycles. The van der Waals surface area contributed by atoms with Crippen molar-refractivity contribution in [2.45, 2.75) is 71.6 Å². The third-order valence-electron chi connectivity index (χ3n) is 7.52. The predicted octanol–water partition coefficient (Wildman–Crippen LogP) is 5.11. The van der Waals surface area contributed by atoms with Crippen LogP contribution in [0.3, 0.4) is 0 Å². The molecular weight excluding hydrogens is 452 g/mol. The average molecular weight is 493 g/mol. The molecule has 2 amide bonds. The molecule has 0 aliphatic carbocycles. The minimum absolute atomic E-state index is 0.0250. The quantitative estimate of drug-likeness (QED) is 0.501. The summed E-state index contributed by atoms with van der Waals surface area (Å²) in [6.45, 7) is 12.8. The Morgan fingerprint density at radius 1 is 1.08 bits per heavy atom. The van der Waals surface area contributed by atoms with Gasteiger partial charge in [0.1, 0.15) is 0 Å². The number of anilines is 1. The number of fused-ring (bicyclic) bond motifs is 1. The maximum absolute atomic E-state index is 12.5. The van der Waals surface area contributed by atoms with Crippen molar-refractivity contribution >= 4 is 17.7 Å². The Morgan fingerprint density at radius 2 is 1.75 bits per heavy atom. The van der Waals surface area contributed by atoms with Crippen LogP contribution < -0.4 is 10.2 Å². The van der Waals surface area contributed by atoms with Gasteiger partial charge in [0.15, 0.2) is 0 Å². The second-order valence-electron chi connectivity index (χ2n) is 10.5. The lowest BCUT2D eigenvalue weighted by molar-refractivity contribution is -0.117. The Hall–Kier alpha value is -2.90. The minimum atomic E-state index is -0.934. The molecule has 2 aliphatic heterocycles. The van der Waals surface area contributed by atoms with Crippen molar-refractivity contribution in [1.82, 2.24) is 15.1 Å². The summed E-state index contributed by atoms with van der Waals surface area (Å²) < 4.78 is 0. The monoisotopic (exact) mass is 492 g/mol. The van der Waals surface area contributed by atoms with Gasteiger partial charge in [-0.05, 0) is 87.5 Å². The Morgan fingerprint density at radius 3 is 2.36 bits per heavy atom. The van der Waals surface area contributed by atoms with E-state index < -0.39 is 6.09 Å². The fraction of sp³-hybridized carbons (Fsp3) is 0.517. The number of hydrogen-bond acceptors (Lipinski definition) is 4. The van der Waals surface area contributed by atoms with E-state index >= 15 is 0 Å². The van der Waals surface area contributed by atoms with Crippen LogP contribution in [0.5, 0.6) is 0 Å². The molecule has 0 aromatic heterocycles. The second kappa shape index (κ2) is 11.4. The fourth-order valence-electron chi connectivity index (χ4n) is 5.76. The summed E-state index contributed by atoms with van der Waals surface area (Å²) >= 11 is 0. The molecule has 2 heterocycles. The van der Waals surface area contributed by atoms with E-state index in [9.17, 15) is 14.7 Å². The first-order chi connectivity index (χ1) is 17.3. The third kappa shape index (κ3) is 5.73.